The first-order valence-electron chi connectivity index (χ1n) is 5.93. The summed E-state index contributed by atoms with van der Waals surface area (Å²) in [7, 11) is 0. The molecule has 0 amide bonds. The lowest BCUT2D eigenvalue weighted by molar-refractivity contribution is 0.518. The molecular weight excluding hydrogens is 260 g/mol. The molecule has 0 fully saturated rings. The van der Waals surface area contributed by atoms with E-state index >= 15 is 0 Å². The molecule has 0 aliphatic carbocycles. The van der Waals surface area contributed by atoms with Crippen molar-refractivity contribution in [2.75, 3.05) is 0 Å². The lowest BCUT2D eigenvalue weighted by atomic mass is 10.1. The number of hydrogen-bond acceptors (Lipinski definition) is 3. The SMILES string of the molecule is Clc1cccc(Cc2nnc(-c3ccccc3)o2)c1. The van der Waals surface area contributed by atoms with Gasteiger partial charge in [-0.3, -0.25) is 0 Å². The van der Waals surface area contributed by atoms with Crippen LogP contribution in [-0.4, -0.2) is 10.2 Å². The average Bonchev–Trinajstić information content (AvgIpc) is 2.88. The Kier molecular flexibility index (Phi) is 3.29. The fourth-order valence-electron chi connectivity index (χ4n) is 1.84. The monoisotopic (exact) mass is 270 g/mol. The van der Waals surface area contributed by atoms with E-state index in [0.717, 1.165) is 11.1 Å². The first kappa shape index (κ1) is 11.9. The Morgan fingerprint density at radius 2 is 1.79 bits per heavy atom. The van der Waals surface area contributed by atoms with Gasteiger partial charge in [-0.2, -0.15) is 0 Å². The van der Waals surface area contributed by atoms with E-state index in [1.807, 2.05) is 54.6 Å². The first-order chi connectivity index (χ1) is 9.31. The van der Waals surface area contributed by atoms with Crippen molar-refractivity contribution in [1.29, 1.82) is 0 Å². The van der Waals surface area contributed by atoms with Gasteiger partial charge in [-0.1, -0.05) is 41.9 Å². The maximum Gasteiger partial charge on any atom is 0.247 e. The Morgan fingerprint density at radius 3 is 2.58 bits per heavy atom. The van der Waals surface area contributed by atoms with Crippen molar-refractivity contribution in [2.24, 2.45) is 0 Å². The maximum atomic E-state index is 5.95. The van der Waals surface area contributed by atoms with Crippen LogP contribution in [0.4, 0.5) is 0 Å². The second-order valence-corrected chi connectivity index (χ2v) is 4.61. The second kappa shape index (κ2) is 5.24. The van der Waals surface area contributed by atoms with E-state index in [-0.39, 0.29) is 0 Å². The molecule has 0 spiro atoms. The Labute approximate surface area is 115 Å². The molecule has 3 rings (SSSR count). The molecule has 0 aliphatic rings. The summed E-state index contributed by atoms with van der Waals surface area (Å²) in [5, 5.41) is 8.82. The molecule has 0 aliphatic heterocycles. The van der Waals surface area contributed by atoms with Gasteiger partial charge in [0, 0.05) is 10.6 Å². The minimum absolute atomic E-state index is 0.539. The van der Waals surface area contributed by atoms with Crippen molar-refractivity contribution in [3.8, 4) is 11.5 Å². The molecule has 1 heterocycles. The number of benzene rings is 2. The van der Waals surface area contributed by atoms with Gasteiger partial charge in [-0.25, -0.2) is 0 Å². The molecule has 0 radical (unpaired) electrons. The minimum Gasteiger partial charge on any atom is -0.420 e. The van der Waals surface area contributed by atoms with E-state index in [4.69, 9.17) is 16.0 Å². The average molecular weight is 271 g/mol. The smallest absolute Gasteiger partial charge is 0.247 e. The highest BCUT2D eigenvalue weighted by molar-refractivity contribution is 6.30. The third kappa shape index (κ3) is 2.83. The van der Waals surface area contributed by atoms with Gasteiger partial charge in [0.05, 0.1) is 6.42 Å². The second-order valence-electron chi connectivity index (χ2n) is 4.17. The van der Waals surface area contributed by atoms with Crippen molar-refractivity contribution in [2.45, 2.75) is 6.42 Å². The van der Waals surface area contributed by atoms with Gasteiger partial charge in [0.1, 0.15) is 0 Å². The van der Waals surface area contributed by atoms with Crippen LogP contribution in [0.25, 0.3) is 11.5 Å². The van der Waals surface area contributed by atoms with Gasteiger partial charge in [0.15, 0.2) is 0 Å². The molecule has 2 aromatic carbocycles. The van der Waals surface area contributed by atoms with E-state index in [0.29, 0.717) is 23.2 Å². The highest BCUT2D eigenvalue weighted by atomic mass is 35.5. The van der Waals surface area contributed by atoms with Crippen molar-refractivity contribution < 1.29 is 4.42 Å². The van der Waals surface area contributed by atoms with Crippen LogP contribution in [0.3, 0.4) is 0 Å². The van der Waals surface area contributed by atoms with E-state index in [9.17, 15) is 0 Å². The van der Waals surface area contributed by atoms with Gasteiger partial charge in [0.2, 0.25) is 11.8 Å². The normalized spacial score (nSPS) is 10.6. The number of aromatic nitrogens is 2. The van der Waals surface area contributed by atoms with Gasteiger partial charge >= 0.3 is 0 Å². The van der Waals surface area contributed by atoms with Gasteiger partial charge < -0.3 is 4.42 Å². The van der Waals surface area contributed by atoms with Gasteiger partial charge in [-0.15, -0.1) is 10.2 Å². The van der Waals surface area contributed by atoms with Crippen molar-refractivity contribution in [1.82, 2.24) is 10.2 Å². The quantitative estimate of drug-likeness (QED) is 0.722. The molecule has 0 atom stereocenters. The van der Waals surface area contributed by atoms with Gasteiger partial charge in [-0.05, 0) is 29.8 Å². The summed E-state index contributed by atoms with van der Waals surface area (Å²) in [6.07, 6.45) is 0.584. The zero-order valence-corrected chi connectivity index (χ0v) is 10.8. The van der Waals surface area contributed by atoms with Crippen LogP contribution in [0, 0.1) is 0 Å². The van der Waals surface area contributed by atoms with Crippen LogP contribution in [0.2, 0.25) is 5.02 Å². The molecule has 0 unspecified atom stereocenters. The molecule has 0 N–H and O–H groups in total. The van der Waals surface area contributed by atoms with Crippen molar-refractivity contribution in [3.63, 3.8) is 0 Å². The molecule has 3 aromatic rings. The summed E-state index contributed by atoms with van der Waals surface area (Å²) in [4.78, 5) is 0. The number of nitrogens with zero attached hydrogens (tertiary/aromatic N) is 2. The standard InChI is InChI=1S/C15H11ClN2O/c16-13-8-4-5-11(9-13)10-14-17-18-15(19-14)12-6-2-1-3-7-12/h1-9H,10H2. The van der Waals surface area contributed by atoms with Crippen LogP contribution < -0.4 is 0 Å². The van der Waals surface area contributed by atoms with E-state index in [1.54, 1.807) is 0 Å². The van der Waals surface area contributed by atoms with Crippen molar-refractivity contribution in [3.05, 3.63) is 71.1 Å². The summed E-state index contributed by atoms with van der Waals surface area (Å²) in [5.41, 5.74) is 1.98. The molecule has 0 saturated carbocycles. The van der Waals surface area contributed by atoms with Gasteiger partial charge in [0.25, 0.3) is 0 Å². The Bertz CT molecular complexity index is 679. The number of rotatable bonds is 3. The van der Waals surface area contributed by atoms with E-state index < -0.39 is 0 Å². The van der Waals surface area contributed by atoms with Crippen LogP contribution in [0.15, 0.2) is 59.0 Å². The lowest BCUT2D eigenvalue weighted by Gasteiger charge is -1.97. The zero-order valence-electron chi connectivity index (χ0n) is 10.1. The Hall–Kier alpha value is -2.13. The largest absolute Gasteiger partial charge is 0.420 e. The summed E-state index contributed by atoms with van der Waals surface area (Å²) in [5.74, 6) is 1.12. The van der Waals surface area contributed by atoms with Crippen LogP contribution in [-0.2, 0) is 6.42 Å². The van der Waals surface area contributed by atoms with Crippen LogP contribution in [0.1, 0.15) is 11.5 Å². The summed E-state index contributed by atoms with van der Waals surface area (Å²) < 4.78 is 5.65. The molecule has 0 bridgehead atoms. The summed E-state index contributed by atoms with van der Waals surface area (Å²) >= 11 is 5.95. The topological polar surface area (TPSA) is 38.9 Å². The van der Waals surface area contributed by atoms with Crippen LogP contribution in [0.5, 0.6) is 0 Å². The summed E-state index contributed by atoms with van der Waals surface area (Å²) in [6, 6.07) is 17.3. The highest BCUT2D eigenvalue weighted by Gasteiger charge is 2.08. The molecule has 0 saturated heterocycles. The fraction of sp³-hybridized carbons (Fsp3) is 0.0667. The molecule has 4 heteroatoms. The highest BCUT2D eigenvalue weighted by Crippen LogP contribution is 2.19. The van der Waals surface area contributed by atoms with E-state index in [1.165, 1.54) is 0 Å². The molecule has 3 nitrogen and oxygen atoms in total. The zero-order chi connectivity index (χ0) is 13.1. The van der Waals surface area contributed by atoms with Crippen LogP contribution >= 0.6 is 11.6 Å². The number of halogens is 1. The summed E-state index contributed by atoms with van der Waals surface area (Å²) in [6.45, 7) is 0. The predicted molar refractivity (Wildman–Crippen MR) is 74.0 cm³/mol. The molecular formula is C15H11ClN2O. The number of hydrogen-bond donors (Lipinski definition) is 0. The molecule has 94 valence electrons. The lowest BCUT2D eigenvalue weighted by Crippen LogP contribution is -1.87. The molecule has 1 aromatic heterocycles. The Morgan fingerprint density at radius 1 is 0.947 bits per heavy atom. The maximum absolute atomic E-state index is 5.95. The Balaban J connectivity index is 1.82. The fourth-order valence-corrected chi connectivity index (χ4v) is 2.06. The predicted octanol–water partition coefficient (Wildman–Crippen LogP) is 3.98. The third-order valence-corrected chi connectivity index (χ3v) is 2.97. The molecule has 19 heavy (non-hydrogen) atoms. The third-order valence-electron chi connectivity index (χ3n) is 2.73. The first-order valence-corrected chi connectivity index (χ1v) is 6.31. The van der Waals surface area contributed by atoms with Crippen molar-refractivity contribution >= 4 is 11.6 Å². The van der Waals surface area contributed by atoms with E-state index in [2.05, 4.69) is 10.2 Å². The minimum atomic E-state index is 0.539.